The quantitative estimate of drug-likeness (QED) is 0.860. The minimum atomic E-state index is -0.247. The highest BCUT2D eigenvalue weighted by atomic mass is 16.3. The number of carbonyl (C=O) groups excluding carboxylic acids is 1. The van der Waals surface area contributed by atoms with Crippen molar-refractivity contribution in [2.24, 2.45) is 0 Å². The van der Waals surface area contributed by atoms with Crippen LogP contribution in [0.2, 0.25) is 0 Å². The molecule has 130 valence electrons. The zero-order valence-electron chi connectivity index (χ0n) is 14.6. The summed E-state index contributed by atoms with van der Waals surface area (Å²) in [6.07, 6.45) is 1.18. The third kappa shape index (κ3) is 4.70. The van der Waals surface area contributed by atoms with Crippen LogP contribution in [0.15, 0.2) is 18.2 Å². The average Bonchev–Trinajstić information content (AvgIpc) is 2.55. The van der Waals surface area contributed by atoms with Gasteiger partial charge in [-0.25, -0.2) is 0 Å². The van der Waals surface area contributed by atoms with Gasteiger partial charge in [0.1, 0.15) is 6.07 Å². The fourth-order valence-electron chi connectivity index (χ4n) is 2.70. The second-order valence-corrected chi connectivity index (χ2v) is 6.62. The van der Waals surface area contributed by atoms with Gasteiger partial charge < -0.3 is 15.3 Å². The molecule has 6 nitrogen and oxygen atoms in total. The van der Waals surface area contributed by atoms with Crippen LogP contribution in [0.4, 0.5) is 11.4 Å². The van der Waals surface area contributed by atoms with Crippen LogP contribution in [-0.4, -0.2) is 54.7 Å². The highest BCUT2D eigenvalue weighted by Gasteiger charge is 2.20. The summed E-state index contributed by atoms with van der Waals surface area (Å²) in [5.74, 6) is -0.0936. The number of anilines is 2. The van der Waals surface area contributed by atoms with Crippen LogP contribution in [0, 0.1) is 11.3 Å². The van der Waals surface area contributed by atoms with Crippen LogP contribution in [0.5, 0.6) is 0 Å². The maximum atomic E-state index is 12.1. The summed E-state index contributed by atoms with van der Waals surface area (Å²) in [6.45, 7) is 5.85. The lowest BCUT2D eigenvalue weighted by Gasteiger charge is -2.32. The molecule has 0 radical (unpaired) electrons. The number of likely N-dealkylation sites (N-methyl/N-ethyl adjacent to an activating group) is 1. The normalized spacial score (nSPS) is 15.6. The number of aliphatic hydroxyl groups excluding tert-OH is 1. The third-order valence-electron chi connectivity index (χ3n) is 4.48. The fourth-order valence-corrected chi connectivity index (χ4v) is 2.70. The molecule has 1 amide bonds. The Hall–Kier alpha value is -2.10. The molecular formula is C18H26N4O2. The molecule has 1 saturated heterocycles. The number of benzene rings is 1. The number of rotatable bonds is 5. The summed E-state index contributed by atoms with van der Waals surface area (Å²) < 4.78 is 0. The number of carbonyl (C=O) groups is 1. The van der Waals surface area contributed by atoms with E-state index in [-0.39, 0.29) is 12.0 Å². The van der Waals surface area contributed by atoms with Gasteiger partial charge in [0, 0.05) is 24.8 Å². The monoisotopic (exact) mass is 330 g/mol. The van der Waals surface area contributed by atoms with Crippen LogP contribution in [0.1, 0.15) is 32.3 Å². The largest absolute Gasteiger partial charge is 0.393 e. The van der Waals surface area contributed by atoms with Crippen molar-refractivity contribution >= 4 is 17.3 Å². The molecular weight excluding hydrogens is 304 g/mol. The minimum Gasteiger partial charge on any atom is -0.393 e. The highest BCUT2D eigenvalue weighted by Crippen LogP contribution is 2.26. The number of amides is 1. The van der Waals surface area contributed by atoms with Gasteiger partial charge in [0.25, 0.3) is 0 Å². The third-order valence-corrected chi connectivity index (χ3v) is 4.48. The highest BCUT2D eigenvalue weighted by molar-refractivity contribution is 5.92. The number of nitrogens with zero attached hydrogens (tertiary/aromatic N) is 3. The molecule has 1 aliphatic rings. The van der Waals surface area contributed by atoms with Gasteiger partial charge in [0.15, 0.2) is 0 Å². The maximum absolute atomic E-state index is 12.1. The van der Waals surface area contributed by atoms with Crippen molar-refractivity contribution < 1.29 is 9.90 Å². The van der Waals surface area contributed by atoms with Crippen molar-refractivity contribution in [2.75, 3.05) is 36.9 Å². The predicted octanol–water partition coefficient (Wildman–Crippen LogP) is 1.80. The zero-order valence-corrected chi connectivity index (χ0v) is 14.6. The molecule has 0 unspecified atom stereocenters. The standard InChI is InChI=1S/C18H26N4O2/c1-13(2)21(3)12-18(24)20-15-4-5-17(14(10-15)11-19)22-8-6-16(23)7-9-22/h4-5,10,13,16,23H,6-9,12H2,1-3H3,(H,20,24). The first-order chi connectivity index (χ1) is 11.4. The van der Waals surface area contributed by atoms with E-state index in [9.17, 15) is 15.2 Å². The first kappa shape index (κ1) is 18.2. The Labute approximate surface area is 143 Å². The molecule has 6 heteroatoms. The Bertz CT molecular complexity index is 616. The smallest absolute Gasteiger partial charge is 0.238 e. The fraction of sp³-hybridized carbons (Fsp3) is 0.556. The summed E-state index contributed by atoms with van der Waals surface area (Å²) in [5.41, 5.74) is 2.04. The Balaban J connectivity index is 2.06. The van der Waals surface area contributed by atoms with E-state index < -0.39 is 0 Å². The SMILES string of the molecule is CC(C)N(C)CC(=O)Nc1ccc(N2CCC(O)CC2)c(C#N)c1. The number of aliphatic hydroxyl groups is 1. The van der Waals surface area contributed by atoms with Gasteiger partial charge in [-0.3, -0.25) is 9.69 Å². The van der Waals surface area contributed by atoms with E-state index in [2.05, 4.69) is 16.3 Å². The van der Waals surface area contributed by atoms with Crippen molar-refractivity contribution in [2.45, 2.75) is 38.8 Å². The maximum Gasteiger partial charge on any atom is 0.238 e. The Morgan fingerprint density at radius 2 is 2.12 bits per heavy atom. The molecule has 0 aromatic heterocycles. The second kappa shape index (κ2) is 8.13. The number of piperidine rings is 1. The van der Waals surface area contributed by atoms with E-state index in [0.717, 1.165) is 18.8 Å². The Morgan fingerprint density at radius 1 is 1.46 bits per heavy atom. The molecule has 0 aliphatic carbocycles. The van der Waals surface area contributed by atoms with Crippen molar-refractivity contribution in [1.29, 1.82) is 5.26 Å². The van der Waals surface area contributed by atoms with Crippen LogP contribution in [-0.2, 0) is 4.79 Å². The molecule has 0 bridgehead atoms. The van der Waals surface area contributed by atoms with Gasteiger partial charge >= 0.3 is 0 Å². The molecule has 1 aromatic rings. The lowest BCUT2D eigenvalue weighted by molar-refractivity contribution is -0.117. The van der Waals surface area contributed by atoms with Crippen molar-refractivity contribution in [3.8, 4) is 6.07 Å². The predicted molar refractivity (Wildman–Crippen MR) is 95.0 cm³/mol. The molecule has 24 heavy (non-hydrogen) atoms. The average molecular weight is 330 g/mol. The Kier molecular flexibility index (Phi) is 6.18. The molecule has 1 aliphatic heterocycles. The molecule has 1 fully saturated rings. The number of hydrogen-bond donors (Lipinski definition) is 2. The summed E-state index contributed by atoms with van der Waals surface area (Å²) >= 11 is 0. The van der Waals surface area contributed by atoms with Crippen molar-refractivity contribution in [1.82, 2.24) is 4.90 Å². The van der Waals surface area contributed by atoms with E-state index >= 15 is 0 Å². The number of nitriles is 1. The minimum absolute atomic E-state index is 0.0936. The molecule has 0 spiro atoms. The van der Waals surface area contributed by atoms with Crippen LogP contribution >= 0.6 is 0 Å². The van der Waals surface area contributed by atoms with Crippen molar-refractivity contribution in [3.63, 3.8) is 0 Å². The summed E-state index contributed by atoms with van der Waals surface area (Å²) in [7, 11) is 1.90. The van der Waals surface area contributed by atoms with E-state index in [1.165, 1.54) is 0 Å². The summed E-state index contributed by atoms with van der Waals surface area (Å²) in [5, 5.41) is 21.9. The lowest BCUT2D eigenvalue weighted by atomic mass is 10.0. The molecule has 2 N–H and O–H groups in total. The molecule has 1 aromatic carbocycles. The zero-order chi connectivity index (χ0) is 17.7. The first-order valence-electron chi connectivity index (χ1n) is 8.38. The second-order valence-electron chi connectivity index (χ2n) is 6.62. The number of hydrogen-bond acceptors (Lipinski definition) is 5. The van der Waals surface area contributed by atoms with Crippen molar-refractivity contribution in [3.05, 3.63) is 23.8 Å². The van der Waals surface area contributed by atoms with Gasteiger partial charge in [0.2, 0.25) is 5.91 Å². The van der Waals surface area contributed by atoms with Gasteiger partial charge in [-0.15, -0.1) is 0 Å². The molecule has 2 rings (SSSR count). The molecule has 1 heterocycles. The van der Waals surface area contributed by atoms with Gasteiger partial charge in [0.05, 0.1) is 23.9 Å². The molecule has 0 saturated carbocycles. The van der Waals surface area contributed by atoms with Gasteiger partial charge in [-0.05, 0) is 51.9 Å². The van der Waals surface area contributed by atoms with Gasteiger partial charge in [-0.2, -0.15) is 5.26 Å². The topological polar surface area (TPSA) is 79.6 Å². The lowest BCUT2D eigenvalue weighted by Crippen LogP contribution is -2.36. The molecule has 0 atom stereocenters. The summed E-state index contributed by atoms with van der Waals surface area (Å²) in [4.78, 5) is 16.1. The van der Waals surface area contributed by atoms with E-state index in [1.54, 1.807) is 6.07 Å². The van der Waals surface area contributed by atoms with Gasteiger partial charge in [-0.1, -0.05) is 0 Å². The number of nitrogens with one attached hydrogen (secondary N) is 1. The van der Waals surface area contributed by atoms with E-state index in [4.69, 9.17) is 0 Å². The van der Waals surface area contributed by atoms with Crippen LogP contribution in [0.3, 0.4) is 0 Å². The first-order valence-corrected chi connectivity index (χ1v) is 8.38. The van der Waals surface area contributed by atoms with E-state index in [0.29, 0.717) is 36.7 Å². The summed E-state index contributed by atoms with van der Waals surface area (Å²) in [6, 6.07) is 7.92. The van der Waals surface area contributed by atoms with E-state index in [1.807, 2.05) is 37.9 Å². The van der Waals surface area contributed by atoms with Crippen LogP contribution in [0.25, 0.3) is 0 Å². The van der Waals surface area contributed by atoms with Crippen LogP contribution < -0.4 is 10.2 Å². The Morgan fingerprint density at radius 3 is 2.71 bits per heavy atom.